The Morgan fingerprint density at radius 3 is 2.51 bits per heavy atom. The Balaban J connectivity index is 1.38. The number of likely N-dealkylation sites (tertiary alicyclic amines) is 1. The van der Waals surface area contributed by atoms with Gasteiger partial charge in [-0.05, 0) is 42.9 Å². The van der Waals surface area contributed by atoms with Crippen LogP contribution in [0.15, 0.2) is 30.5 Å². The molecule has 6 rings (SSSR count). The van der Waals surface area contributed by atoms with Crippen molar-refractivity contribution < 1.29 is 48.4 Å². The number of ether oxygens (including phenoxy) is 4. The van der Waals surface area contributed by atoms with E-state index in [-0.39, 0.29) is 51.1 Å². The lowest BCUT2D eigenvalue weighted by molar-refractivity contribution is -0.225. The zero-order valence-electron chi connectivity index (χ0n) is 30.0. The number of nitrogens with one attached hydrogen (secondary N) is 1. The number of benzene rings is 1. The summed E-state index contributed by atoms with van der Waals surface area (Å²) in [5.41, 5.74) is 0.261. The Bertz CT molecular complexity index is 1400. The van der Waals surface area contributed by atoms with E-state index >= 15 is 4.79 Å². The van der Waals surface area contributed by atoms with E-state index in [4.69, 9.17) is 28.9 Å². The number of hydrogen-bond donors (Lipinski definition) is 3. The molecule has 1 aromatic carbocycles. The minimum Gasteiger partial charge on any atom is -0.499 e. The molecule has 0 radical (unpaired) electrons. The van der Waals surface area contributed by atoms with Crippen molar-refractivity contribution in [2.75, 3.05) is 32.9 Å². The van der Waals surface area contributed by atoms with Gasteiger partial charge in [0.15, 0.2) is 11.8 Å². The van der Waals surface area contributed by atoms with E-state index in [9.17, 15) is 14.7 Å². The third-order valence-corrected chi connectivity index (χ3v) is 11.1. The number of carbonyl (C=O) groups is 3. The maximum Gasteiger partial charge on any atom is 0.327 e. The van der Waals surface area contributed by atoms with Crippen LogP contribution in [0.2, 0.25) is 0 Å². The molecule has 4 saturated heterocycles. The lowest BCUT2D eigenvalue weighted by Crippen LogP contribution is -2.70. The van der Waals surface area contributed by atoms with Crippen LogP contribution >= 0.6 is 0 Å². The molecule has 5 fully saturated rings. The van der Waals surface area contributed by atoms with Gasteiger partial charge in [-0.2, -0.15) is 5.06 Å². The number of aliphatic hydroxyl groups is 2. The van der Waals surface area contributed by atoms with Gasteiger partial charge in [-0.15, -0.1) is 0 Å². The van der Waals surface area contributed by atoms with Crippen molar-refractivity contribution in [1.82, 2.24) is 15.3 Å². The molecule has 7 unspecified atom stereocenters. The van der Waals surface area contributed by atoms with Crippen molar-refractivity contribution in [3.05, 3.63) is 41.7 Å². The van der Waals surface area contributed by atoms with Gasteiger partial charge in [-0.25, -0.2) is 0 Å². The number of nitrogens with zero attached hydrogens (tertiary/aromatic N) is 2. The summed E-state index contributed by atoms with van der Waals surface area (Å²) in [5.74, 6) is -2.08. The maximum absolute atomic E-state index is 15.2. The molecule has 4 aliphatic heterocycles. The van der Waals surface area contributed by atoms with E-state index < -0.39 is 53.7 Å². The SMILES string of the molecule is CCCCCC1(CCCCC)OC2C3CC4(C(=O)N5CCCC5C(=O)NCCO)C(ON(Cc5ccccc5C=COCCO)C4C(=O)O3)C2O1. The van der Waals surface area contributed by atoms with Crippen molar-refractivity contribution in [2.45, 2.75) is 133 Å². The second kappa shape index (κ2) is 16.7. The number of rotatable bonds is 18. The number of carbonyl (C=O) groups excluding carboxylic acids is 3. The smallest absolute Gasteiger partial charge is 0.327 e. The molecular formula is C38H55N3O10. The summed E-state index contributed by atoms with van der Waals surface area (Å²) in [6, 6.07) is 5.81. The number of unbranched alkanes of at least 4 members (excludes halogenated alkanes) is 4. The Hall–Kier alpha value is -3.07. The molecule has 0 spiro atoms. The molecule has 2 bridgehead atoms. The summed E-state index contributed by atoms with van der Waals surface area (Å²) in [5, 5.41) is 22.8. The Kier molecular flexibility index (Phi) is 12.4. The van der Waals surface area contributed by atoms with Gasteiger partial charge in [-0.3, -0.25) is 19.2 Å². The lowest BCUT2D eigenvalue weighted by Gasteiger charge is -2.50. The first-order valence-corrected chi connectivity index (χ1v) is 19.0. The van der Waals surface area contributed by atoms with Crippen LogP contribution < -0.4 is 5.32 Å². The first-order valence-electron chi connectivity index (χ1n) is 19.0. The van der Waals surface area contributed by atoms with Crippen LogP contribution in [0.3, 0.4) is 0 Å². The van der Waals surface area contributed by atoms with E-state index in [0.29, 0.717) is 32.2 Å². The molecule has 282 valence electrons. The van der Waals surface area contributed by atoms with Gasteiger partial charge in [0.2, 0.25) is 11.8 Å². The monoisotopic (exact) mass is 713 g/mol. The molecule has 3 N–H and O–H groups in total. The van der Waals surface area contributed by atoms with Gasteiger partial charge in [0.25, 0.3) is 0 Å². The quantitative estimate of drug-likeness (QED) is 0.117. The lowest BCUT2D eigenvalue weighted by atomic mass is 9.62. The van der Waals surface area contributed by atoms with Crippen LogP contribution in [0.25, 0.3) is 6.08 Å². The summed E-state index contributed by atoms with van der Waals surface area (Å²) in [7, 11) is 0. The number of hydrogen-bond acceptors (Lipinski definition) is 11. The van der Waals surface area contributed by atoms with Crippen LogP contribution in [0.5, 0.6) is 0 Å². The first kappa shape index (κ1) is 37.7. The summed E-state index contributed by atoms with van der Waals surface area (Å²) < 4.78 is 25.5. The molecule has 7 atom stereocenters. The highest BCUT2D eigenvalue weighted by molar-refractivity contribution is 5.96. The van der Waals surface area contributed by atoms with Crippen molar-refractivity contribution in [3.8, 4) is 0 Å². The maximum atomic E-state index is 15.2. The van der Waals surface area contributed by atoms with Crippen LogP contribution in [0, 0.1) is 5.41 Å². The zero-order chi connectivity index (χ0) is 36.0. The van der Waals surface area contributed by atoms with Crippen molar-refractivity contribution in [2.24, 2.45) is 5.41 Å². The first-order chi connectivity index (χ1) is 24.8. The third-order valence-electron chi connectivity index (χ3n) is 11.1. The molecule has 1 aliphatic carbocycles. The molecule has 1 saturated carbocycles. The van der Waals surface area contributed by atoms with Gasteiger partial charge in [-0.1, -0.05) is 63.8 Å². The predicted molar refractivity (Wildman–Crippen MR) is 185 cm³/mol. The van der Waals surface area contributed by atoms with Crippen LogP contribution in [0.1, 0.15) is 95.6 Å². The molecule has 4 heterocycles. The van der Waals surface area contributed by atoms with Crippen molar-refractivity contribution in [1.29, 1.82) is 0 Å². The van der Waals surface area contributed by atoms with Crippen molar-refractivity contribution >= 4 is 23.9 Å². The highest BCUT2D eigenvalue weighted by Crippen LogP contribution is 2.59. The number of esters is 1. The van der Waals surface area contributed by atoms with Gasteiger partial charge in [0.1, 0.15) is 42.5 Å². The van der Waals surface area contributed by atoms with E-state index in [1.165, 1.54) is 6.26 Å². The van der Waals surface area contributed by atoms with Gasteiger partial charge < -0.3 is 39.4 Å². The number of fused-ring (bicyclic) bond motifs is 4. The Morgan fingerprint density at radius 2 is 1.78 bits per heavy atom. The molecule has 5 aliphatic rings. The summed E-state index contributed by atoms with van der Waals surface area (Å²) in [4.78, 5) is 51.2. The van der Waals surface area contributed by atoms with E-state index in [1.54, 1.807) is 16.0 Å². The number of hydroxylamine groups is 2. The molecule has 13 heteroatoms. The van der Waals surface area contributed by atoms with E-state index in [1.807, 2.05) is 24.3 Å². The normalized spacial score (nSPS) is 30.8. The van der Waals surface area contributed by atoms with Gasteiger partial charge in [0, 0.05) is 32.4 Å². The summed E-state index contributed by atoms with van der Waals surface area (Å²) in [6.07, 6.45) is 9.11. The fourth-order valence-electron chi connectivity index (χ4n) is 8.77. The minimum atomic E-state index is -1.39. The molecule has 2 amide bonds. The van der Waals surface area contributed by atoms with Gasteiger partial charge in [0.05, 0.1) is 26.0 Å². The standard InChI is InChI=1S/C38H55N3O10/c1-3-5-9-16-37(17-10-6-4-2)49-30-29-24-38(36(46)40-19-11-14-28(40)34(44)39-18-20-42)32(35(45)48-29)41(51-33(38)31(30)50-37)25-27-13-8-7-12-26(27)15-22-47-23-21-43/h7-8,12-13,15,22,28-33,42-43H,3-6,9-11,14,16-21,23-25H2,1-2H3,(H,39,44). The fraction of sp³-hybridized carbons (Fsp3) is 0.711. The van der Waals surface area contributed by atoms with E-state index in [2.05, 4.69) is 19.2 Å². The third kappa shape index (κ3) is 7.43. The Morgan fingerprint density at radius 1 is 1.04 bits per heavy atom. The highest BCUT2D eigenvalue weighted by Gasteiger charge is 2.77. The second-order valence-corrected chi connectivity index (χ2v) is 14.5. The highest BCUT2D eigenvalue weighted by atomic mass is 16.8. The van der Waals surface area contributed by atoms with Crippen LogP contribution in [-0.4, -0.2) is 113 Å². The van der Waals surface area contributed by atoms with Crippen LogP contribution in [-0.2, 0) is 44.7 Å². The zero-order valence-corrected chi connectivity index (χ0v) is 30.0. The molecule has 13 nitrogen and oxygen atoms in total. The minimum absolute atomic E-state index is 0.0883. The topological polar surface area (TPSA) is 156 Å². The molecule has 0 aromatic heterocycles. The fourth-order valence-corrected chi connectivity index (χ4v) is 8.77. The number of amides is 2. The Labute approximate surface area is 300 Å². The molecule has 51 heavy (non-hydrogen) atoms. The van der Waals surface area contributed by atoms with Gasteiger partial charge >= 0.3 is 5.97 Å². The van der Waals surface area contributed by atoms with Crippen molar-refractivity contribution in [3.63, 3.8) is 0 Å². The van der Waals surface area contributed by atoms with E-state index in [0.717, 1.165) is 49.7 Å². The predicted octanol–water partition coefficient (Wildman–Crippen LogP) is 3.21. The average Bonchev–Trinajstić information content (AvgIpc) is 3.86. The largest absolute Gasteiger partial charge is 0.499 e. The summed E-state index contributed by atoms with van der Waals surface area (Å²) in [6.45, 7) is 4.77. The average molecular weight is 714 g/mol. The number of aliphatic hydroxyl groups excluding tert-OH is 2. The molecular weight excluding hydrogens is 658 g/mol. The summed E-state index contributed by atoms with van der Waals surface area (Å²) >= 11 is 0. The van der Waals surface area contributed by atoms with Crippen LogP contribution in [0.4, 0.5) is 0 Å². The molecule has 1 aromatic rings. The second-order valence-electron chi connectivity index (χ2n) is 14.5.